The van der Waals surface area contributed by atoms with Gasteiger partial charge in [-0.3, -0.25) is 0 Å². The van der Waals surface area contributed by atoms with Crippen LogP contribution in [0.2, 0.25) is 0 Å². The average Bonchev–Trinajstić information content (AvgIpc) is 1.90. The van der Waals surface area contributed by atoms with Crippen LogP contribution in [0.4, 0.5) is 0 Å². The highest BCUT2D eigenvalue weighted by Gasteiger charge is 2.11. The summed E-state index contributed by atoms with van der Waals surface area (Å²) in [4.78, 5) is 0. The molecule has 3 heteroatoms. The molecule has 1 fully saturated rings. The third-order valence-electron chi connectivity index (χ3n) is 1.05. The van der Waals surface area contributed by atoms with Gasteiger partial charge in [0.15, 0.2) is 0 Å². The first-order valence-electron chi connectivity index (χ1n) is 2.65. The Morgan fingerprint density at radius 1 is 1.50 bits per heavy atom. The molecule has 0 aromatic rings. The van der Waals surface area contributed by atoms with E-state index in [2.05, 4.69) is 0 Å². The first-order valence-corrected chi connectivity index (χ1v) is 4.86. The molecule has 1 saturated heterocycles. The van der Waals surface area contributed by atoms with Gasteiger partial charge < -0.3 is 4.74 Å². The van der Waals surface area contributed by atoms with Crippen molar-refractivity contribution in [1.82, 2.24) is 0 Å². The second-order valence-corrected chi connectivity index (χ2v) is 4.03. The first kappa shape index (κ1) is 6.78. The van der Waals surface area contributed by atoms with Crippen LogP contribution in [0.5, 0.6) is 0 Å². The van der Waals surface area contributed by atoms with Crippen LogP contribution in [0.15, 0.2) is 0 Å². The second kappa shape index (κ2) is 3.64. The van der Waals surface area contributed by atoms with Crippen molar-refractivity contribution in [2.45, 2.75) is 5.44 Å². The highest BCUT2D eigenvalue weighted by molar-refractivity contribution is 8.06. The van der Waals surface area contributed by atoms with Crippen LogP contribution >= 0.6 is 23.5 Å². The average molecular weight is 150 g/mol. The van der Waals surface area contributed by atoms with Gasteiger partial charge in [-0.15, -0.1) is 11.8 Å². The molecular formula is C5H10OS2. The minimum atomic E-state index is 0.466. The Balaban J connectivity index is 2.13. The Bertz CT molecular complexity index is 61.4. The monoisotopic (exact) mass is 150 g/mol. The molecular weight excluding hydrogens is 140 g/mol. The van der Waals surface area contributed by atoms with Gasteiger partial charge in [-0.25, -0.2) is 0 Å². The van der Waals surface area contributed by atoms with Crippen LogP contribution in [0.3, 0.4) is 0 Å². The smallest absolute Gasteiger partial charge is 0.111 e. The molecule has 0 aromatic carbocycles. The molecule has 1 aliphatic rings. The van der Waals surface area contributed by atoms with Crippen molar-refractivity contribution < 1.29 is 4.74 Å². The molecule has 1 aliphatic heterocycles. The van der Waals surface area contributed by atoms with E-state index in [0.29, 0.717) is 5.44 Å². The SMILES string of the molecule is COC1CSCCS1. The van der Waals surface area contributed by atoms with Gasteiger partial charge in [0.25, 0.3) is 0 Å². The van der Waals surface area contributed by atoms with E-state index in [-0.39, 0.29) is 0 Å². The van der Waals surface area contributed by atoms with E-state index in [9.17, 15) is 0 Å². The summed E-state index contributed by atoms with van der Waals surface area (Å²) < 4.78 is 5.13. The van der Waals surface area contributed by atoms with Crippen molar-refractivity contribution in [3.63, 3.8) is 0 Å². The Labute approximate surface area is 58.6 Å². The first-order chi connectivity index (χ1) is 3.93. The molecule has 48 valence electrons. The largest absolute Gasteiger partial charge is 0.370 e. The van der Waals surface area contributed by atoms with E-state index < -0.39 is 0 Å². The lowest BCUT2D eigenvalue weighted by atomic mass is 10.8. The molecule has 1 rings (SSSR count). The van der Waals surface area contributed by atoms with E-state index in [1.807, 2.05) is 23.5 Å². The fourth-order valence-electron chi connectivity index (χ4n) is 0.602. The fourth-order valence-corrected chi connectivity index (χ4v) is 3.03. The molecule has 1 nitrogen and oxygen atoms in total. The van der Waals surface area contributed by atoms with Gasteiger partial charge in [-0.2, -0.15) is 11.8 Å². The third-order valence-corrected chi connectivity index (χ3v) is 3.72. The molecule has 1 atom stereocenters. The second-order valence-electron chi connectivity index (χ2n) is 1.61. The number of methoxy groups -OCH3 is 1. The lowest BCUT2D eigenvalue weighted by Gasteiger charge is -2.18. The predicted molar refractivity (Wildman–Crippen MR) is 40.6 cm³/mol. The molecule has 0 saturated carbocycles. The van der Waals surface area contributed by atoms with Crippen LogP contribution < -0.4 is 0 Å². The summed E-state index contributed by atoms with van der Waals surface area (Å²) >= 11 is 3.90. The Morgan fingerprint density at radius 2 is 2.38 bits per heavy atom. The summed E-state index contributed by atoms with van der Waals surface area (Å²) in [5.41, 5.74) is 0.466. The molecule has 8 heavy (non-hydrogen) atoms. The van der Waals surface area contributed by atoms with Crippen molar-refractivity contribution in [2.24, 2.45) is 0 Å². The zero-order chi connectivity index (χ0) is 5.82. The van der Waals surface area contributed by atoms with E-state index in [4.69, 9.17) is 4.74 Å². The Hall–Kier alpha value is 0.660. The molecule has 1 heterocycles. The molecule has 0 spiro atoms. The number of hydrogen-bond donors (Lipinski definition) is 0. The Kier molecular flexibility index (Phi) is 3.08. The highest BCUT2D eigenvalue weighted by Crippen LogP contribution is 2.23. The number of thioether (sulfide) groups is 2. The van der Waals surface area contributed by atoms with Crippen LogP contribution in [0.25, 0.3) is 0 Å². The summed E-state index contributed by atoms with van der Waals surface area (Å²) in [6.07, 6.45) is 0. The molecule has 0 radical (unpaired) electrons. The molecule has 0 N–H and O–H groups in total. The van der Waals surface area contributed by atoms with Crippen LogP contribution in [-0.4, -0.2) is 29.8 Å². The number of rotatable bonds is 1. The number of ether oxygens (including phenoxy) is 1. The summed E-state index contributed by atoms with van der Waals surface area (Å²) in [7, 11) is 1.78. The van der Waals surface area contributed by atoms with Crippen LogP contribution in [0.1, 0.15) is 0 Å². The molecule has 0 aliphatic carbocycles. The normalized spacial score (nSPS) is 30.4. The maximum absolute atomic E-state index is 5.13. The summed E-state index contributed by atoms with van der Waals surface area (Å²) in [6.45, 7) is 0. The molecule has 1 unspecified atom stereocenters. The topological polar surface area (TPSA) is 9.23 Å². The van der Waals surface area contributed by atoms with E-state index in [0.717, 1.165) is 0 Å². The lowest BCUT2D eigenvalue weighted by Crippen LogP contribution is -2.15. The zero-order valence-corrected chi connectivity index (χ0v) is 6.56. The predicted octanol–water partition coefficient (Wildman–Crippen LogP) is 1.44. The molecule has 0 aromatic heterocycles. The van der Waals surface area contributed by atoms with Crippen molar-refractivity contribution in [1.29, 1.82) is 0 Å². The fraction of sp³-hybridized carbons (Fsp3) is 1.00. The van der Waals surface area contributed by atoms with E-state index in [1.165, 1.54) is 17.3 Å². The quantitative estimate of drug-likeness (QED) is 0.560. The van der Waals surface area contributed by atoms with Crippen LogP contribution in [0, 0.1) is 0 Å². The third kappa shape index (κ3) is 1.88. The van der Waals surface area contributed by atoms with Gasteiger partial charge in [-0.05, 0) is 0 Å². The minimum absolute atomic E-state index is 0.466. The van der Waals surface area contributed by atoms with Crippen molar-refractivity contribution in [3.8, 4) is 0 Å². The summed E-state index contributed by atoms with van der Waals surface area (Å²) in [6, 6.07) is 0. The summed E-state index contributed by atoms with van der Waals surface area (Å²) in [5, 5.41) is 0. The molecule has 0 amide bonds. The van der Waals surface area contributed by atoms with Crippen molar-refractivity contribution in [2.75, 3.05) is 24.4 Å². The minimum Gasteiger partial charge on any atom is -0.370 e. The van der Waals surface area contributed by atoms with Crippen LogP contribution in [-0.2, 0) is 4.74 Å². The van der Waals surface area contributed by atoms with E-state index in [1.54, 1.807) is 7.11 Å². The number of hydrogen-bond acceptors (Lipinski definition) is 3. The summed E-state index contributed by atoms with van der Waals surface area (Å²) in [5.74, 6) is 3.72. The standard InChI is InChI=1S/C5H10OS2/c1-6-5-4-7-2-3-8-5/h5H,2-4H2,1H3. The van der Waals surface area contributed by atoms with Gasteiger partial charge in [0.2, 0.25) is 0 Å². The zero-order valence-electron chi connectivity index (χ0n) is 4.92. The van der Waals surface area contributed by atoms with Gasteiger partial charge in [-0.1, -0.05) is 0 Å². The van der Waals surface area contributed by atoms with Crippen molar-refractivity contribution in [3.05, 3.63) is 0 Å². The lowest BCUT2D eigenvalue weighted by molar-refractivity contribution is 0.190. The molecule has 0 bridgehead atoms. The van der Waals surface area contributed by atoms with E-state index >= 15 is 0 Å². The Morgan fingerprint density at radius 3 is 2.75 bits per heavy atom. The maximum Gasteiger partial charge on any atom is 0.111 e. The van der Waals surface area contributed by atoms with Gasteiger partial charge in [0.1, 0.15) is 5.44 Å². The van der Waals surface area contributed by atoms with Gasteiger partial charge in [0, 0.05) is 24.4 Å². The highest BCUT2D eigenvalue weighted by atomic mass is 32.2. The maximum atomic E-state index is 5.13. The van der Waals surface area contributed by atoms with Gasteiger partial charge in [0.05, 0.1) is 0 Å². The van der Waals surface area contributed by atoms with Crippen molar-refractivity contribution >= 4 is 23.5 Å². The van der Waals surface area contributed by atoms with Gasteiger partial charge >= 0.3 is 0 Å².